The highest BCUT2D eigenvalue weighted by Crippen LogP contribution is 2.18. The molecular weight excluding hydrogens is 304 g/mol. The summed E-state index contributed by atoms with van der Waals surface area (Å²) in [6.07, 6.45) is 0. The zero-order valence-corrected chi connectivity index (χ0v) is 12.4. The maximum absolute atomic E-state index is 12.1. The maximum Gasteiger partial charge on any atom is 0.270 e. The number of aromatic nitrogens is 1. The topological polar surface area (TPSA) is 42.0 Å². The minimum atomic E-state index is -0.156. The fraction of sp³-hybridized carbons (Fsp3) is 0.200. The standard InChI is InChI=1S/C15H15BrN2O/c1-10-5-3-8-14(17-10)15(19)18-11(2)12-6-4-7-13(16)9-12/h3-9,11H,1-2H3,(H,18,19)/t11-/m0/s1. The van der Waals surface area contributed by atoms with Crippen LogP contribution in [0, 0.1) is 6.92 Å². The van der Waals surface area contributed by atoms with Crippen LogP contribution in [0.3, 0.4) is 0 Å². The summed E-state index contributed by atoms with van der Waals surface area (Å²) in [6, 6.07) is 13.2. The van der Waals surface area contributed by atoms with Crippen LogP contribution >= 0.6 is 15.9 Å². The van der Waals surface area contributed by atoms with E-state index in [-0.39, 0.29) is 11.9 Å². The predicted molar refractivity (Wildman–Crippen MR) is 79.0 cm³/mol. The first-order chi connectivity index (χ1) is 9.06. The highest BCUT2D eigenvalue weighted by molar-refractivity contribution is 9.10. The first kappa shape index (κ1) is 13.7. The second-order valence-electron chi connectivity index (χ2n) is 4.41. The molecule has 0 aliphatic rings. The quantitative estimate of drug-likeness (QED) is 0.938. The molecule has 2 rings (SSSR count). The molecule has 1 atom stereocenters. The Balaban J connectivity index is 2.11. The van der Waals surface area contributed by atoms with Gasteiger partial charge in [0, 0.05) is 10.2 Å². The average molecular weight is 319 g/mol. The van der Waals surface area contributed by atoms with Crippen molar-refractivity contribution in [3.8, 4) is 0 Å². The summed E-state index contributed by atoms with van der Waals surface area (Å²) in [5.74, 6) is -0.156. The van der Waals surface area contributed by atoms with Crippen molar-refractivity contribution in [2.45, 2.75) is 19.9 Å². The summed E-state index contributed by atoms with van der Waals surface area (Å²) in [4.78, 5) is 16.3. The second kappa shape index (κ2) is 5.97. The van der Waals surface area contributed by atoms with Crippen LogP contribution in [-0.4, -0.2) is 10.9 Å². The zero-order chi connectivity index (χ0) is 13.8. The van der Waals surface area contributed by atoms with E-state index in [0.29, 0.717) is 5.69 Å². The number of halogens is 1. The third-order valence-electron chi connectivity index (χ3n) is 2.82. The van der Waals surface area contributed by atoms with E-state index in [1.165, 1.54) is 0 Å². The molecule has 1 aromatic heterocycles. The lowest BCUT2D eigenvalue weighted by molar-refractivity contribution is 0.0934. The minimum absolute atomic E-state index is 0.0627. The van der Waals surface area contributed by atoms with Gasteiger partial charge in [0.2, 0.25) is 0 Å². The van der Waals surface area contributed by atoms with Gasteiger partial charge in [-0.25, -0.2) is 4.98 Å². The van der Waals surface area contributed by atoms with Crippen molar-refractivity contribution >= 4 is 21.8 Å². The molecule has 0 aliphatic carbocycles. The highest BCUT2D eigenvalue weighted by atomic mass is 79.9. The number of aryl methyl sites for hydroxylation is 1. The molecule has 0 saturated heterocycles. The SMILES string of the molecule is Cc1cccc(C(=O)N[C@@H](C)c2cccc(Br)c2)n1. The number of benzene rings is 1. The van der Waals surface area contributed by atoms with Crippen LogP contribution in [0.5, 0.6) is 0 Å². The van der Waals surface area contributed by atoms with Gasteiger partial charge in [-0.05, 0) is 43.7 Å². The Bertz CT molecular complexity index is 598. The van der Waals surface area contributed by atoms with Crippen molar-refractivity contribution in [2.24, 2.45) is 0 Å². The molecule has 0 unspecified atom stereocenters. The fourth-order valence-electron chi connectivity index (χ4n) is 1.80. The molecule has 0 spiro atoms. The van der Waals surface area contributed by atoms with Crippen LogP contribution in [0.15, 0.2) is 46.9 Å². The lowest BCUT2D eigenvalue weighted by Gasteiger charge is -2.14. The molecule has 0 radical (unpaired) electrons. The van der Waals surface area contributed by atoms with Crippen molar-refractivity contribution in [3.63, 3.8) is 0 Å². The van der Waals surface area contributed by atoms with Crippen LogP contribution in [0.25, 0.3) is 0 Å². The normalized spacial score (nSPS) is 11.9. The molecule has 1 amide bonds. The minimum Gasteiger partial charge on any atom is -0.344 e. The van der Waals surface area contributed by atoms with Gasteiger partial charge in [0.25, 0.3) is 5.91 Å². The number of nitrogens with one attached hydrogen (secondary N) is 1. The smallest absolute Gasteiger partial charge is 0.270 e. The molecule has 98 valence electrons. The number of hydrogen-bond donors (Lipinski definition) is 1. The Labute approximate surface area is 121 Å². The Morgan fingerprint density at radius 3 is 2.68 bits per heavy atom. The molecule has 1 N–H and O–H groups in total. The molecule has 2 aromatic rings. The fourth-order valence-corrected chi connectivity index (χ4v) is 2.22. The largest absolute Gasteiger partial charge is 0.344 e. The van der Waals surface area contributed by atoms with E-state index >= 15 is 0 Å². The van der Waals surface area contributed by atoms with Gasteiger partial charge in [-0.2, -0.15) is 0 Å². The summed E-state index contributed by atoms with van der Waals surface area (Å²) in [5, 5.41) is 2.94. The summed E-state index contributed by atoms with van der Waals surface area (Å²) in [7, 11) is 0. The molecule has 1 aromatic carbocycles. The van der Waals surface area contributed by atoms with E-state index in [4.69, 9.17) is 0 Å². The Morgan fingerprint density at radius 2 is 2.00 bits per heavy atom. The van der Waals surface area contributed by atoms with E-state index in [2.05, 4.69) is 26.2 Å². The number of hydrogen-bond acceptors (Lipinski definition) is 2. The van der Waals surface area contributed by atoms with Crippen LogP contribution in [0.4, 0.5) is 0 Å². The van der Waals surface area contributed by atoms with Gasteiger partial charge >= 0.3 is 0 Å². The van der Waals surface area contributed by atoms with E-state index < -0.39 is 0 Å². The van der Waals surface area contributed by atoms with Crippen molar-refractivity contribution in [1.29, 1.82) is 0 Å². The van der Waals surface area contributed by atoms with Crippen molar-refractivity contribution in [1.82, 2.24) is 10.3 Å². The molecule has 4 heteroatoms. The summed E-state index contributed by atoms with van der Waals surface area (Å²) >= 11 is 3.43. The average Bonchev–Trinajstić information content (AvgIpc) is 2.38. The van der Waals surface area contributed by atoms with E-state index in [1.54, 1.807) is 6.07 Å². The van der Waals surface area contributed by atoms with Crippen LogP contribution in [0.2, 0.25) is 0 Å². The first-order valence-corrected chi connectivity index (χ1v) is 6.85. The van der Waals surface area contributed by atoms with Crippen molar-refractivity contribution in [2.75, 3.05) is 0 Å². The lowest BCUT2D eigenvalue weighted by atomic mass is 10.1. The second-order valence-corrected chi connectivity index (χ2v) is 5.33. The number of rotatable bonds is 3. The number of carbonyl (C=O) groups excluding carboxylic acids is 1. The monoisotopic (exact) mass is 318 g/mol. The molecular formula is C15H15BrN2O. The molecule has 3 nitrogen and oxygen atoms in total. The number of carbonyl (C=O) groups is 1. The van der Waals surface area contributed by atoms with E-state index in [1.807, 2.05) is 50.2 Å². The third kappa shape index (κ3) is 3.64. The van der Waals surface area contributed by atoms with Crippen LogP contribution in [-0.2, 0) is 0 Å². The maximum atomic E-state index is 12.1. The van der Waals surface area contributed by atoms with Gasteiger partial charge in [-0.1, -0.05) is 34.1 Å². The predicted octanol–water partition coefficient (Wildman–Crippen LogP) is 3.64. The molecule has 0 bridgehead atoms. The van der Waals surface area contributed by atoms with E-state index in [0.717, 1.165) is 15.7 Å². The molecule has 0 saturated carbocycles. The summed E-state index contributed by atoms with van der Waals surface area (Å²) < 4.78 is 1.000. The number of nitrogens with zero attached hydrogens (tertiary/aromatic N) is 1. The van der Waals surface area contributed by atoms with Gasteiger partial charge in [0.05, 0.1) is 6.04 Å². The zero-order valence-electron chi connectivity index (χ0n) is 10.9. The summed E-state index contributed by atoms with van der Waals surface area (Å²) in [6.45, 7) is 3.82. The van der Waals surface area contributed by atoms with Crippen LogP contribution in [0.1, 0.15) is 34.7 Å². The lowest BCUT2D eigenvalue weighted by Crippen LogP contribution is -2.27. The summed E-state index contributed by atoms with van der Waals surface area (Å²) in [5.41, 5.74) is 2.33. The number of pyridine rings is 1. The first-order valence-electron chi connectivity index (χ1n) is 6.06. The number of amides is 1. The highest BCUT2D eigenvalue weighted by Gasteiger charge is 2.12. The molecule has 19 heavy (non-hydrogen) atoms. The van der Waals surface area contributed by atoms with Crippen LogP contribution < -0.4 is 5.32 Å². The molecule has 1 heterocycles. The Morgan fingerprint density at radius 1 is 1.26 bits per heavy atom. The van der Waals surface area contributed by atoms with Gasteiger partial charge in [0.15, 0.2) is 0 Å². The Hall–Kier alpha value is -1.68. The van der Waals surface area contributed by atoms with Gasteiger partial charge in [0.1, 0.15) is 5.69 Å². The van der Waals surface area contributed by atoms with Gasteiger partial charge in [-0.15, -0.1) is 0 Å². The Kier molecular flexibility index (Phi) is 4.32. The van der Waals surface area contributed by atoms with E-state index in [9.17, 15) is 4.79 Å². The molecule has 0 aliphatic heterocycles. The van der Waals surface area contributed by atoms with Gasteiger partial charge < -0.3 is 5.32 Å². The third-order valence-corrected chi connectivity index (χ3v) is 3.31. The van der Waals surface area contributed by atoms with Gasteiger partial charge in [-0.3, -0.25) is 4.79 Å². The van der Waals surface area contributed by atoms with Crippen molar-refractivity contribution < 1.29 is 4.79 Å². The van der Waals surface area contributed by atoms with Crippen molar-refractivity contribution in [3.05, 3.63) is 63.9 Å². The molecule has 0 fully saturated rings.